The predicted octanol–water partition coefficient (Wildman–Crippen LogP) is 8.39. The van der Waals surface area contributed by atoms with Crippen LogP contribution in [0.5, 0.6) is 0 Å². The van der Waals surface area contributed by atoms with Crippen LogP contribution in [0.1, 0.15) is 168 Å². The van der Waals surface area contributed by atoms with E-state index >= 15 is 0 Å². The summed E-state index contributed by atoms with van der Waals surface area (Å²) in [6.07, 6.45) is 27.4. The van der Waals surface area contributed by atoms with E-state index in [0.29, 0.717) is 12.8 Å². The van der Waals surface area contributed by atoms with Gasteiger partial charge in [-0.3, -0.25) is 18.6 Å². The molecule has 0 aliphatic heterocycles. The topological polar surface area (TPSA) is 210 Å². The van der Waals surface area contributed by atoms with E-state index in [1.54, 1.807) is 0 Å². The fraction of sp³-hybridized carbons (Fsp3) is 0.778. The highest BCUT2D eigenvalue weighted by Gasteiger charge is 2.51. The van der Waals surface area contributed by atoms with Gasteiger partial charge in [0.25, 0.3) is 0 Å². The SMILES string of the molecule is CC/C=C\C/C=C\C/C=C\C/C=C\CCCCCCC(=O)OC[C@H](COP(=O)(O)OC1C(O)C(O)C(O)[C@@H](O)C1O)OC(=O)CCCCCCCCCCCCCCC. The summed E-state index contributed by atoms with van der Waals surface area (Å²) >= 11 is 0. The number of carbonyl (C=O) groups excluding carboxylic acids is 2. The number of hydrogen-bond acceptors (Lipinski definition) is 12. The molecule has 0 radical (unpaired) electrons. The lowest BCUT2D eigenvalue weighted by molar-refractivity contribution is -0.220. The molecule has 0 saturated heterocycles. The number of aliphatic hydroxyl groups excluding tert-OH is 5. The van der Waals surface area contributed by atoms with Crippen molar-refractivity contribution in [2.75, 3.05) is 13.2 Å². The summed E-state index contributed by atoms with van der Waals surface area (Å²) in [5, 5.41) is 50.1. The van der Waals surface area contributed by atoms with Gasteiger partial charge >= 0.3 is 19.8 Å². The van der Waals surface area contributed by atoms with Crippen LogP contribution in [-0.2, 0) is 32.7 Å². The number of hydrogen-bond donors (Lipinski definition) is 6. The van der Waals surface area contributed by atoms with Gasteiger partial charge in [0.15, 0.2) is 6.10 Å². The molecule has 1 saturated carbocycles. The number of phosphoric acid groups is 1. The Kier molecular flexibility index (Phi) is 32.9. The summed E-state index contributed by atoms with van der Waals surface area (Å²) in [6.45, 7) is 3.15. The highest BCUT2D eigenvalue weighted by Crippen LogP contribution is 2.47. The number of ether oxygens (including phenoxy) is 2. The van der Waals surface area contributed by atoms with Crippen molar-refractivity contribution in [2.24, 2.45) is 0 Å². The Morgan fingerprint density at radius 2 is 0.966 bits per heavy atom. The molecule has 0 spiro atoms. The van der Waals surface area contributed by atoms with Crippen LogP contribution in [0.15, 0.2) is 48.6 Å². The third-order valence-electron chi connectivity index (χ3n) is 10.2. The summed E-state index contributed by atoms with van der Waals surface area (Å²) in [6, 6.07) is 0. The minimum Gasteiger partial charge on any atom is -0.462 e. The van der Waals surface area contributed by atoms with E-state index in [4.69, 9.17) is 18.5 Å². The van der Waals surface area contributed by atoms with Gasteiger partial charge in [-0.2, -0.15) is 0 Å². The molecule has 8 atom stereocenters. The van der Waals surface area contributed by atoms with Crippen molar-refractivity contribution < 1.29 is 63.1 Å². The molecule has 59 heavy (non-hydrogen) atoms. The Morgan fingerprint density at radius 3 is 1.47 bits per heavy atom. The monoisotopic (exact) mass is 859 g/mol. The van der Waals surface area contributed by atoms with Crippen LogP contribution >= 0.6 is 7.82 Å². The Hall–Kier alpha value is -2.19. The minimum atomic E-state index is -5.12. The van der Waals surface area contributed by atoms with Crippen molar-refractivity contribution in [1.29, 1.82) is 0 Å². The molecular weight excluding hydrogens is 779 g/mol. The molecule has 0 bridgehead atoms. The van der Waals surface area contributed by atoms with Gasteiger partial charge in [0.2, 0.25) is 0 Å². The lowest BCUT2D eigenvalue weighted by Gasteiger charge is -2.41. The number of phosphoric ester groups is 1. The number of esters is 2. The van der Waals surface area contributed by atoms with E-state index in [1.807, 2.05) is 0 Å². The van der Waals surface area contributed by atoms with Crippen LogP contribution in [0.4, 0.5) is 0 Å². The standard InChI is InChI=1S/C45H79O13P/c1-3-5-7-9-11-13-15-17-18-19-20-22-23-25-27-29-31-33-38(46)55-35-37(36-56-59(53,54)58-45-43(51)41(49)40(48)42(50)44(45)52)57-39(47)34-32-30-28-26-24-21-16-14-12-10-8-6-4-2/h5,7,11,13,17-18,20,22,37,40-45,48-52H,3-4,6,8-10,12,14-16,19,21,23-36H2,1-2H3,(H,53,54)/b7-5-,13-11-,18-17-,22-20-/t37-,40?,41-,42?,43?,44?,45?/m1/s1. The summed E-state index contributed by atoms with van der Waals surface area (Å²) in [7, 11) is -5.12. The zero-order chi connectivity index (χ0) is 43.6. The average molecular weight is 859 g/mol. The van der Waals surface area contributed by atoms with E-state index in [1.165, 1.54) is 51.4 Å². The molecule has 1 aliphatic rings. The number of unbranched alkanes of at least 4 members (excludes halogenated alkanes) is 16. The van der Waals surface area contributed by atoms with Crippen molar-refractivity contribution >= 4 is 19.8 Å². The highest BCUT2D eigenvalue weighted by molar-refractivity contribution is 7.47. The summed E-state index contributed by atoms with van der Waals surface area (Å²) < 4.78 is 33.5. The largest absolute Gasteiger partial charge is 0.472 e. The van der Waals surface area contributed by atoms with Crippen molar-refractivity contribution in [3.63, 3.8) is 0 Å². The molecule has 1 aliphatic carbocycles. The maximum absolute atomic E-state index is 12.8. The molecule has 13 nitrogen and oxygen atoms in total. The van der Waals surface area contributed by atoms with Crippen molar-refractivity contribution in [3.8, 4) is 0 Å². The minimum absolute atomic E-state index is 0.0922. The molecule has 0 aromatic rings. The Bertz CT molecular complexity index is 1220. The summed E-state index contributed by atoms with van der Waals surface area (Å²) in [5.41, 5.74) is 0. The smallest absolute Gasteiger partial charge is 0.462 e. The quantitative estimate of drug-likeness (QED) is 0.0152. The number of allylic oxidation sites excluding steroid dienone is 8. The molecule has 0 amide bonds. The normalized spacial score (nSPS) is 22.8. The maximum Gasteiger partial charge on any atom is 0.472 e. The zero-order valence-electron chi connectivity index (χ0n) is 36.0. The van der Waals surface area contributed by atoms with Crippen LogP contribution in [0.2, 0.25) is 0 Å². The van der Waals surface area contributed by atoms with E-state index in [9.17, 15) is 44.6 Å². The second kappa shape index (κ2) is 35.4. The molecule has 0 aromatic heterocycles. The lowest BCUT2D eigenvalue weighted by atomic mass is 9.85. The first-order chi connectivity index (χ1) is 28.4. The maximum atomic E-state index is 12.8. The number of carbonyl (C=O) groups is 2. The van der Waals surface area contributed by atoms with Gasteiger partial charge in [-0.15, -0.1) is 0 Å². The van der Waals surface area contributed by atoms with Crippen LogP contribution in [0.25, 0.3) is 0 Å². The first-order valence-electron chi connectivity index (χ1n) is 22.4. The molecule has 6 N–H and O–H groups in total. The van der Waals surface area contributed by atoms with Gasteiger partial charge in [-0.25, -0.2) is 4.57 Å². The molecule has 6 unspecified atom stereocenters. The summed E-state index contributed by atoms with van der Waals surface area (Å²) in [5.74, 6) is -1.13. The van der Waals surface area contributed by atoms with Crippen LogP contribution in [0.3, 0.4) is 0 Å². The second-order valence-electron chi connectivity index (χ2n) is 15.5. The number of aliphatic hydroxyl groups is 5. The van der Waals surface area contributed by atoms with E-state index in [2.05, 4.69) is 62.5 Å². The van der Waals surface area contributed by atoms with Crippen molar-refractivity contribution in [1.82, 2.24) is 0 Å². The van der Waals surface area contributed by atoms with Crippen LogP contribution in [0, 0.1) is 0 Å². The average Bonchev–Trinajstić information content (AvgIpc) is 3.21. The second-order valence-corrected chi connectivity index (χ2v) is 16.9. The third kappa shape index (κ3) is 28.1. The fourth-order valence-corrected chi connectivity index (χ4v) is 7.54. The molecule has 0 heterocycles. The molecule has 14 heteroatoms. The first-order valence-corrected chi connectivity index (χ1v) is 23.9. The molecule has 1 fully saturated rings. The van der Waals surface area contributed by atoms with E-state index < -0.39 is 75.7 Å². The van der Waals surface area contributed by atoms with Gasteiger partial charge in [0.05, 0.1) is 6.61 Å². The van der Waals surface area contributed by atoms with E-state index in [-0.39, 0.29) is 12.8 Å². The van der Waals surface area contributed by atoms with E-state index in [0.717, 1.165) is 77.0 Å². The zero-order valence-corrected chi connectivity index (χ0v) is 36.9. The molecule has 1 rings (SSSR count). The third-order valence-corrected chi connectivity index (χ3v) is 11.2. The first kappa shape index (κ1) is 54.8. The molecule has 0 aromatic carbocycles. The van der Waals surface area contributed by atoms with Crippen LogP contribution < -0.4 is 0 Å². The lowest BCUT2D eigenvalue weighted by Crippen LogP contribution is -2.64. The van der Waals surface area contributed by atoms with Crippen molar-refractivity contribution in [3.05, 3.63) is 48.6 Å². The van der Waals surface area contributed by atoms with Crippen LogP contribution in [-0.4, -0.2) is 98.3 Å². The fourth-order valence-electron chi connectivity index (χ4n) is 6.57. The Balaban J connectivity index is 2.49. The molecule has 342 valence electrons. The van der Waals surface area contributed by atoms with Gasteiger partial charge < -0.3 is 39.9 Å². The Labute approximate surface area is 354 Å². The highest BCUT2D eigenvalue weighted by atomic mass is 31.2. The predicted molar refractivity (Wildman–Crippen MR) is 230 cm³/mol. The van der Waals surface area contributed by atoms with Gasteiger partial charge in [-0.05, 0) is 51.4 Å². The van der Waals surface area contributed by atoms with Gasteiger partial charge in [-0.1, -0.05) is 152 Å². The summed E-state index contributed by atoms with van der Waals surface area (Å²) in [4.78, 5) is 35.6. The molecular formula is C45H79O13P. The van der Waals surface area contributed by atoms with Gasteiger partial charge in [0, 0.05) is 12.8 Å². The number of rotatable bonds is 36. The van der Waals surface area contributed by atoms with Gasteiger partial charge in [0.1, 0.15) is 43.2 Å². The van der Waals surface area contributed by atoms with Crippen molar-refractivity contribution in [2.45, 2.75) is 211 Å². The Morgan fingerprint density at radius 1 is 0.542 bits per heavy atom.